The molecule has 3 atom stereocenters. The van der Waals surface area contributed by atoms with Crippen LogP contribution in [0.3, 0.4) is 0 Å². The van der Waals surface area contributed by atoms with E-state index in [2.05, 4.69) is 0 Å². The third kappa shape index (κ3) is 3.21. The van der Waals surface area contributed by atoms with E-state index in [0.29, 0.717) is 13.0 Å². The van der Waals surface area contributed by atoms with Gasteiger partial charge in [0.15, 0.2) is 6.29 Å². The van der Waals surface area contributed by atoms with Crippen LogP contribution in [0.15, 0.2) is 0 Å². The lowest BCUT2D eigenvalue weighted by Gasteiger charge is -2.34. The summed E-state index contributed by atoms with van der Waals surface area (Å²) in [5.74, 6) is 0. The van der Waals surface area contributed by atoms with Crippen LogP contribution >= 0.6 is 0 Å². The zero-order valence-corrected chi connectivity index (χ0v) is 8.27. The van der Waals surface area contributed by atoms with E-state index in [-0.39, 0.29) is 12.4 Å². The highest BCUT2D eigenvalue weighted by atomic mass is 16.7. The lowest BCUT2D eigenvalue weighted by molar-refractivity contribution is -0.290. The van der Waals surface area contributed by atoms with Crippen molar-refractivity contribution in [3.05, 3.63) is 0 Å². The Morgan fingerprint density at radius 3 is 2.69 bits per heavy atom. The van der Waals surface area contributed by atoms with Gasteiger partial charge in [-0.1, -0.05) is 0 Å². The van der Waals surface area contributed by atoms with Gasteiger partial charge in [-0.25, -0.2) is 0 Å². The standard InChI is InChI=1S/C8H17NO4/c1-9(2)13-7-4-6(10)5-12-8(7)11-3/h6-8,10H,4-5H2,1-3H3/t6-,7-,8-/m0/s1. The quantitative estimate of drug-likeness (QED) is 0.615. The van der Waals surface area contributed by atoms with Crippen LogP contribution in [0.1, 0.15) is 6.42 Å². The third-order valence-corrected chi connectivity index (χ3v) is 1.84. The molecule has 0 saturated carbocycles. The average molecular weight is 191 g/mol. The third-order valence-electron chi connectivity index (χ3n) is 1.84. The summed E-state index contributed by atoms with van der Waals surface area (Å²) in [5.41, 5.74) is 0. The molecule has 1 aliphatic rings. The summed E-state index contributed by atoms with van der Waals surface area (Å²) >= 11 is 0. The topological polar surface area (TPSA) is 51.2 Å². The minimum absolute atomic E-state index is 0.233. The Labute approximate surface area is 78.1 Å². The number of aliphatic hydroxyl groups is 1. The van der Waals surface area contributed by atoms with E-state index in [1.807, 2.05) is 0 Å². The highest BCUT2D eigenvalue weighted by molar-refractivity contribution is 4.73. The Morgan fingerprint density at radius 1 is 1.46 bits per heavy atom. The van der Waals surface area contributed by atoms with Crippen molar-refractivity contribution in [3.8, 4) is 0 Å². The van der Waals surface area contributed by atoms with Gasteiger partial charge in [-0.2, -0.15) is 5.06 Å². The number of nitrogens with zero attached hydrogens (tertiary/aromatic N) is 1. The molecule has 1 saturated heterocycles. The predicted molar refractivity (Wildman–Crippen MR) is 45.9 cm³/mol. The van der Waals surface area contributed by atoms with Crippen molar-refractivity contribution in [2.45, 2.75) is 24.9 Å². The molecule has 78 valence electrons. The molecular weight excluding hydrogens is 174 g/mol. The second-order valence-electron chi connectivity index (χ2n) is 3.28. The molecule has 0 aliphatic carbocycles. The molecule has 13 heavy (non-hydrogen) atoms. The monoisotopic (exact) mass is 191 g/mol. The highest BCUT2D eigenvalue weighted by Gasteiger charge is 2.32. The Hall–Kier alpha value is -0.200. The van der Waals surface area contributed by atoms with E-state index in [9.17, 15) is 5.11 Å². The van der Waals surface area contributed by atoms with Gasteiger partial charge in [0.2, 0.25) is 0 Å². The Balaban J connectivity index is 2.44. The molecule has 0 aromatic rings. The molecule has 0 unspecified atom stereocenters. The highest BCUT2D eigenvalue weighted by Crippen LogP contribution is 2.18. The molecule has 1 N–H and O–H groups in total. The van der Waals surface area contributed by atoms with Crippen LogP contribution in [0, 0.1) is 0 Å². The molecule has 1 heterocycles. The van der Waals surface area contributed by atoms with E-state index in [1.165, 1.54) is 0 Å². The van der Waals surface area contributed by atoms with Crippen LogP contribution in [0.25, 0.3) is 0 Å². The molecular formula is C8H17NO4. The van der Waals surface area contributed by atoms with Crippen LogP contribution < -0.4 is 0 Å². The summed E-state index contributed by atoms with van der Waals surface area (Å²) < 4.78 is 10.3. The number of hydroxylamine groups is 2. The van der Waals surface area contributed by atoms with E-state index in [4.69, 9.17) is 14.3 Å². The van der Waals surface area contributed by atoms with Gasteiger partial charge in [-0.05, 0) is 0 Å². The van der Waals surface area contributed by atoms with Gasteiger partial charge in [0.25, 0.3) is 0 Å². The number of hydrogen-bond acceptors (Lipinski definition) is 5. The predicted octanol–water partition coefficient (Wildman–Crippen LogP) is -0.398. The maximum atomic E-state index is 9.33. The molecule has 5 heteroatoms. The summed E-state index contributed by atoms with van der Waals surface area (Å²) in [6.45, 7) is 0.311. The molecule has 1 fully saturated rings. The number of ether oxygens (including phenoxy) is 2. The summed E-state index contributed by atoms with van der Waals surface area (Å²) in [5, 5.41) is 10.9. The van der Waals surface area contributed by atoms with Crippen LogP contribution in [0.4, 0.5) is 0 Å². The zero-order valence-electron chi connectivity index (χ0n) is 8.27. The summed E-state index contributed by atoms with van der Waals surface area (Å²) in [6.07, 6.45) is -0.539. The lowest BCUT2D eigenvalue weighted by Crippen LogP contribution is -2.45. The molecule has 1 rings (SSSR count). The van der Waals surface area contributed by atoms with E-state index in [1.54, 1.807) is 26.3 Å². The summed E-state index contributed by atoms with van der Waals surface area (Å²) in [6, 6.07) is 0. The van der Waals surface area contributed by atoms with Crippen molar-refractivity contribution in [1.82, 2.24) is 5.06 Å². The molecule has 0 bridgehead atoms. The molecule has 0 aromatic heterocycles. The first-order chi connectivity index (χ1) is 6.13. The van der Waals surface area contributed by atoms with Crippen LogP contribution in [0.2, 0.25) is 0 Å². The summed E-state index contributed by atoms with van der Waals surface area (Å²) in [7, 11) is 5.13. The molecule has 0 spiro atoms. The molecule has 1 aliphatic heterocycles. The number of rotatable bonds is 3. The average Bonchev–Trinajstić information content (AvgIpc) is 2.03. The second-order valence-corrected chi connectivity index (χ2v) is 3.28. The van der Waals surface area contributed by atoms with Gasteiger partial charge in [-0.3, -0.25) is 4.84 Å². The van der Waals surface area contributed by atoms with Gasteiger partial charge < -0.3 is 14.6 Å². The lowest BCUT2D eigenvalue weighted by atomic mass is 10.1. The first-order valence-corrected chi connectivity index (χ1v) is 4.30. The largest absolute Gasteiger partial charge is 0.391 e. The minimum atomic E-state index is -0.462. The molecule has 0 amide bonds. The van der Waals surface area contributed by atoms with Crippen molar-refractivity contribution in [2.75, 3.05) is 27.8 Å². The summed E-state index contributed by atoms with van der Waals surface area (Å²) in [4.78, 5) is 5.39. The van der Waals surface area contributed by atoms with E-state index < -0.39 is 6.10 Å². The fourth-order valence-corrected chi connectivity index (χ4v) is 1.34. The normalized spacial score (nSPS) is 35.3. The van der Waals surface area contributed by atoms with Gasteiger partial charge in [-0.15, -0.1) is 0 Å². The number of aliphatic hydroxyl groups excluding tert-OH is 1. The fraction of sp³-hybridized carbons (Fsp3) is 1.00. The van der Waals surface area contributed by atoms with Gasteiger partial charge in [0.1, 0.15) is 6.10 Å². The Morgan fingerprint density at radius 2 is 2.15 bits per heavy atom. The first-order valence-electron chi connectivity index (χ1n) is 4.30. The molecule has 5 nitrogen and oxygen atoms in total. The fourth-order valence-electron chi connectivity index (χ4n) is 1.34. The maximum absolute atomic E-state index is 9.33. The van der Waals surface area contributed by atoms with Crippen molar-refractivity contribution in [3.63, 3.8) is 0 Å². The zero-order chi connectivity index (χ0) is 9.84. The van der Waals surface area contributed by atoms with E-state index in [0.717, 1.165) is 0 Å². The van der Waals surface area contributed by atoms with Crippen molar-refractivity contribution in [1.29, 1.82) is 0 Å². The van der Waals surface area contributed by atoms with Crippen LogP contribution in [-0.2, 0) is 14.3 Å². The molecule has 0 radical (unpaired) electrons. The Bertz CT molecular complexity index is 151. The SMILES string of the molecule is CO[C@H]1OC[C@@H](O)C[C@@H]1ON(C)C. The number of methoxy groups -OCH3 is 1. The van der Waals surface area contributed by atoms with E-state index >= 15 is 0 Å². The second kappa shape index (κ2) is 4.88. The maximum Gasteiger partial charge on any atom is 0.185 e. The van der Waals surface area contributed by atoms with Crippen molar-refractivity contribution < 1.29 is 19.4 Å². The van der Waals surface area contributed by atoms with Gasteiger partial charge in [0.05, 0.1) is 12.7 Å². The smallest absolute Gasteiger partial charge is 0.185 e. The first kappa shape index (κ1) is 10.9. The van der Waals surface area contributed by atoms with Gasteiger partial charge in [0, 0.05) is 27.6 Å². The van der Waals surface area contributed by atoms with Crippen LogP contribution in [-0.4, -0.2) is 56.5 Å². The Kier molecular flexibility index (Phi) is 4.08. The van der Waals surface area contributed by atoms with Crippen molar-refractivity contribution >= 4 is 0 Å². The van der Waals surface area contributed by atoms with Gasteiger partial charge >= 0.3 is 0 Å². The van der Waals surface area contributed by atoms with Crippen LogP contribution in [0.5, 0.6) is 0 Å². The minimum Gasteiger partial charge on any atom is -0.391 e. The molecule has 0 aromatic carbocycles. The number of hydrogen-bond donors (Lipinski definition) is 1. The van der Waals surface area contributed by atoms with Crippen molar-refractivity contribution in [2.24, 2.45) is 0 Å².